The summed E-state index contributed by atoms with van der Waals surface area (Å²) < 4.78 is 34.0. The van der Waals surface area contributed by atoms with Crippen molar-refractivity contribution in [3.63, 3.8) is 0 Å². The number of nitrogens with two attached hydrogens (primary N) is 1. The average molecular weight is 324 g/mol. The Hall–Kier alpha value is -2.81. The van der Waals surface area contributed by atoms with Crippen LogP contribution >= 0.6 is 0 Å². The fourth-order valence-electron chi connectivity index (χ4n) is 1.65. The van der Waals surface area contributed by atoms with Gasteiger partial charge in [-0.1, -0.05) is 0 Å². The Morgan fingerprint density at radius 3 is 2.23 bits per heavy atom. The fraction of sp³-hybridized carbons (Fsp3) is 0.0769. The third-order valence-corrected chi connectivity index (χ3v) is 4.01. The predicted molar refractivity (Wildman–Crippen MR) is 78.3 cm³/mol. The van der Waals surface area contributed by atoms with Crippen molar-refractivity contribution in [1.82, 2.24) is 0 Å². The summed E-state index contributed by atoms with van der Waals surface area (Å²) in [5, 5.41) is 10.8. The third-order valence-electron chi connectivity index (χ3n) is 2.75. The first kappa shape index (κ1) is 15.6. The summed E-state index contributed by atoms with van der Waals surface area (Å²) >= 11 is 0. The molecule has 9 heteroatoms. The number of methoxy groups -OCH3 is 1. The number of hydrogen-bond donors (Lipinski definition) is 1. The quantitative estimate of drug-likeness (QED) is 0.386. The van der Waals surface area contributed by atoms with Crippen LogP contribution in [0.2, 0.25) is 0 Å². The molecule has 22 heavy (non-hydrogen) atoms. The van der Waals surface area contributed by atoms with Gasteiger partial charge in [-0.3, -0.25) is 10.1 Å². The molecule has 2 N–H and O–H groups in total. The minimum atomic E-state index is -4.11. The maximum atomic E-state index is 12.1. The van der Waals surface area contributed by atoms with Crippen LogP contribution in [0.1, 0.15) is 0 Å². The molecule has 0 spiro atoms. The van der Waals surface area contributed by atoms with Gasteiger partial charge in [0.15, 0.2) is 0 Å². The topological polar surface area (TPSA) is 122 Å². The van der Waals surface area contributed by atoms with Gasteiger partial charge in [-0.25, -0.2) is 0 Å². The predicted octanol–water partition coefficient (Wildman–Crippen LogP) is 1.95. The Balaban J connectivity index is 2.32. The van der Waals surface area contributed by atoms with Gasteiger partial charge in [0, 0.05) is 0 Å². The highest BCUT2D eigenvalue weighted by Crippen LogP contribution is 2.28. The van der Waals surface area contributed by atoms with Crippen molar-refractivity contribution in [2.45, 2.75) is 4.90 Å². The van der Waals surface area contributed by atoms with E-state index >= 15 is 0 Å². The lowest BCUT2D eigenvalue weighted by Gasteiger charge is -2.08. The first-order chi connectivity index (χ1) is 10.3. The van der Waals surface area contributed by atoms with Crippen LogP contribution in [-0.4, -0.2) is 20.5 Å². The minimum Gasteiger partial charge on any atom is -0.497 e. The minimum absolute atomic E-state index is 0.0841. The van der Waals surface area contributed by atoms with Gasteiger partial charge in [0.25, 0.3) is 5.69 Å². The van der Waals surface area contributed by atoms with Gasteiger partial charge in [-0.15, -0.1) is 0 Å². The molecule has 2 aromatic carbocycles. The van der Waals surface area contributed by atoms with Gasteiger partial charge in [-0.05, 0) is 36.4 Å². The van der Waals surface area contributed by atoms with Crippen molar-refractivity contribution in [3.8, 4) is 11.5 Å². The zero-order valence-corrected chi connectivity index (χ0v) is 12.2. The summed E-state index contributed by atoms with van der Waals surface area (Å²) in [6.07, 6.45) is 0. The summed E-state index contributed by atoms with van der Waals surface area (Å²) in [4.78, 5) is 9.96. The SMILES string of the molecule is COc1ccc(S(=O)(=O)Oc2ccc(N)c([N+](=O)[O-])c2)cc1. The van der Waals surface area contributed by atoms with Crippen molar-refractivity contribution in [2.75, 3.05) is 12.8 Å². The van der Waals surface area contributed by atoms with Gasteiger partial charge in [0.2, 0.25) is 0 Å². The van der Waals surface area contributed by atoms with Crippen molar-refractivity contribution in [2.24, 2.45) is 0 Å². The molecule has 0 aromatic heterocycles. The number of ether oxygens (including phenoxy) is 1. The van der Waals surface area contributed by atoms with E-state index < -0.39 is 20.7 Å². The monoisotopic (exact) mass is 324 g/mol. The number of nitrogen functional groups attached to an aromatic ring is 1. The molecule has 0 fully saturated rings. The van der Waals surface area contributed by atoms with E-state index in [0.717, 1.165) is 6.07 Å². The maximum absolute atomic E-state index is 12.1. The summed E-state index contributed by atoms with van der Waals surface area (Å²) in [6.45, 7) is 0. The van der Waals surface area contributed by atoms with Crippen molar-refractivity contribution in [1.29, 1.82) is 0 Å². The molecule has 0 aliphatic heterocycles. The first-order valence-corrected chi connectivity index (χ1v) is 7.37. The van der Waals surface area contributed by atoms with Gasteiger partial charge >= 0.3 is 10.1 Å². The molecule has 0 aliphatic rings. The van der Waals surface area contributed by atoms with Crippen LogP contribution in [0.4, 0.5) is 11.4 Å². The van der Waals surface area contributed by atoms with Crippen molar-refractivity contribution >= 4 is 21.5 Å². The zero-order valence-electron chi connectivity index (χ0n) is 11.4. The van der Waals surface area contributed by atoms with E-state index in [1.165, 1.54) is 43.5 Å². The second-order valence-corrected chi connectivity index (χ2v) is 5.74. The molecule has 0 saturated carbocycles. The molecule has 0 unspecified atom stereocenters. The van der Waals surface area contributed by atoms with Crippen LogP contribution in [0.3, 0.4) is 0 Å². The molecular weight excluding hydrogens is 312 g/mol. The zero-order chi connectivity index (χ0) is 16.3. The molecule has 0 heterocycles. The summed E-state index contributed by atoms with van der Waals surface area (Å²) in [7, 11) is -2.66. The van der Waals surface area contributed by atoms with Gasteiger partial charge in [0.05, 0.1) is 18.1 Å². The summed E-state index contributed by atoms with van der Waals surface area (Å²) in [5.74, 6) is 0.291. The van der Waals surface area contributed by atoms with Crippen LogP contribution < -0.4 is 14.7 Å². The molecule has 2 aromatic rings. The van der Waals surface area contributed by atoms with E-state index in [1.54, 1.807) is 0 Å². The fourth-order valence-corrected chi connectivity index (χ4v) is 2.57. The molecule has 0 atom stereocenters. The number of rotatable bonds is 5. The van der Waals surface area contributed by atoms with Crippen LogP contribution in [0.5, 0.6) is 11.5 Å². The van der Waals surface area contributed by atoms with E-state index in [9.17, 15) is 18.5 Å². The Morgan fingerprint density at radius 1 is 1.09 bits per heavy atom. The lowest BCUT2D eigenvalue weighted by molar-refractivity contribution is -0.383. The number of hydrogen-bond acceptors (Lipinski definition) is 7. The molecule has 0 saturated heterocycles. The number of anilines is 1. The van der Waals surface area contributed by atoms with Crippen LogP contribution in [0.15, 0.2) is 47.4 Å². The largest absolute Gasteiger partial charge is 0.497 e. The van der Waals surface area contributed by atoms with Crippen molar-refractivity contribution < 1.29 is 22.3 Å². The van der Waals surface area contributed by atoms with Crippen molar-refractivity contribution in [3.05, 3.63) is 52.6 Å². The molecule has 116 valence electrons. The molecule has 0 radical (unpaired) electrons. The second-order valence-electron chi connectivity index (χ2n) is 4.19. The molecule has 8 nitrogen and oxygen atoms in total. The summed E-state index contributed by atoms with van der Waals surface area (Å²) in [5.41, 5.74) is 4.92. The molecule has 0 bridgehead atoms. The number of nitro groups is 1. The van der Waals surface area contributed by atoms with Crippen LogP contribution in [0.25, 0.3) is 0 Å². The van der Waals surface area contributed by atoms with E-state index in [1.807, 2.05) is 0 Å². The smallest absolute Gasteiger partial charge is 0.339 e. The van der Waals surface area contributed by atoms with Gasteiger partial charge in [0.1, 0.15) is 22.1 Å². The molecule has 0 amide bonds. The van der Waals surface area contributed by atoms with Gasteiger partial charge in [-0.2, -0.15) is 8.42 Å². The Bertz CT molecular complexity index is 802. The standard InChI is InChI=1S/C13H12N2O6S/c1-20-9-2-5-11(6-3-9)22(18,19)21-10-4-7-12(14)13(8-10)15(16)17/h2-8H,14H2,1H3. The van der Waals surface area contributed by atoms with E-state index in [2.05, 4.69) is 0 Å². The lowest BCUT2D eigenvalue weighted by atomic mass is 10.2. The third kappa shape index (κ3) is 3.26. The average Bonchev–Trinajstić information content (AvgIpc) is 2.48. The molecule has 2 rings (SSSR count). The lowest BCUT2D eigenvalue weighted by Crippen LogP contribution is -2.10. The molecule has 0 aliphatic carbocycles. The number of nitro benzene ring substituents is 1. The normalized spacial score (nSPS) is 11.0. The van der Waals surface area contributed by atoms with Crippen LogP contribution in [-0.2, 0) is 10.1 Å². The van der Waals surface area contributed by atoms with E-state index in [-0.39, 0.29) is 16.3 Å². The highest BCUT2D eigenvalue weighted by Gasteiger charge is 2.19. The number of nitrogens with zero attached hydrogens (tertiary/aromatic N) is 1. The Labute approximate surface area is 126 Å². The number of benzene rings is 2. The molecular formula is C13H12N2O6S. The van der Waals surface area contributed by atoms with E-state index in [0.29, 0.717) is 5.75 Å². The highest BCUT2D eigenvalue weighted by molar-refractivity contribution is 7.87. The van der Waals surface area contributed by atoms with E-state index in [4.69, 9.17) is 14.7 Å². The second kappa shape index (κ2) is 5.90. The van der Waals surface area contributed by atoms with Gasteiger partial charge < -0.3 is 14.7 Å². The Morgan fingerprint density at radius 2 is 1.68 bits per heavy atom. The Kier molecular flexibility index (Phi) is 4.18. The summed E-state index contributed by atoms with van der Waals surface area (Å²) in [6, 6.07) is 8.93. The maximum Gasteiger partial charge on any atom is 0.339 e. The first-order valence-electron chi connectivity index (χ1n) is 5.96. The van der Waals surface area contributed by atoms with Crippen LogP contribution in [0, 0.1) is 10.1 Å². The highest BCUT2D eigenvalue weighted by atomic mass is 32.2.